The van der Waals surface area contributed by atoms with E-state index >= 15 is 0 Å². The average molecular weight is 336 g/mol. The minimum Gasteiger partial charge on any atom is -0.398 e. The lowest BCUT2D eigenvalue weighted by atomic mass is 10.2. The molecule has 0 saturated heterocycles. The van der Waals surface area contributed by atoms with Crippen LogP contribution in [-0.2, 0) is 0 Å². The zero-order valence-electron chi connectivity index (χ0n) is 11.2. The Morgan fingerprint density at radius 1 is 0.955 bits per heavy atom. The summed E-state index contributed by atoms with van der Waals surface area (Å²) in [4.78, 5) is 31.1. The Hall–Kier alpha value is -2.32. The van der Waals surface area contributed by atoms with Crippen LogP contribution < -0.4 is 5.73 Å². The van der Waals surface area contributed by atoms with Crippen LogP contribution in [0.3, 0.4) is 0 Å². The maximum absolute atomic E-state index is 10.3. The molecule has 0 bridgehead atoms. The minimum atomic E-state index is -0.574. The highest BCUT2D eigenvalue weighted by Gasteiger charge is 2.10. The van der Waals surface area contributed by atoms with Crippen LogP contribution in [0.25, 0.3) is 0 Å². The predicted octanol–water partition coefficient (Wildman–Crippen LogP) is 3.07. The van der Waals surface area contributed by atoms with E-state index in [9.17, 15) is 19.7 Å². The zero-order chi connectivity index (χ0) is 16.7. The SMILES string of the molecule is Nc1cc(C=O)ccc1S.O=Cc1ccc(S)c([N+](=O)[O-])c1. The predicted molar refractivity (Wildman–Crippen MR) is 89.2 cm³/mol. The molecule has 0 unspecified atom stereocenters. The number of anilines is 1. The maximum atomic E-state index is 10.3. The number of rotatable bonds is 3. The second-order valence-corrected chi connectivity index (χ2v) is 5.02. The molecule has 114 valence electrons. The van der Waals surface area contributed by atoms with Crippen LogP contribution in [0.15, 0.2) is 46.2 Å². The van der Waals surface area contributed by atoms with E-state index in [1.165, 1.54) is 18.2 Å². The van der Waals surface area contributed by atoms with E-state index in [1.807, 2.05) is 0 Å². The third kappa shape index (κ3) is 4.90. The van der Waals surface area contributed by atoms with E-state index in [2.05, 4.69) is 25.3 Å². The van der Waals surface area contributed by atoms with Crippen molar-refractivity contribution in [3.05, 3.63) is 57.6 Å². The lowest BCUT2D eigenvalue weighted by Crippen LogP contribution is -1.91. The van der Waals surface area contributed by atoms with Crippen LogP contribution in [0.1, 0.15) is 20.7 Å². The number of nitro groups is 1. The van der Waals surface area contributed by atoms with E-state index in [0.717, 1.165) is 6.29 Å². The van der Waals surface area contributed by atoms with E-state index in [1.54, 1.807) is 18.2 Å². The summed E-state index contributed by atoms with van der Waals surface area (Å²) < 4.78 is 0. The highest BCUT2D eigenvalue weighted by molar-refractivity contribution is 7.80. The number of thiol groups is 2. The Bertz CT molecular complexity index is 720. The van der Waals surface area contributed by atoms with Crippen LogP contribution in [0.5, 0.6) is 0 Å². The van der Waals surface area contributed by atoms with Crippen molar-refractivity contribution in [1.82, 2.24) is 0 Å². The summed E-state index contributed by atoms with van der Waals surface area (Å²) >= 11 is 7.91. The molecular weight excluding hydrogens is 324 g/mol. The second-order valence-electron chi connectivity index (χ2n) is 4.06. The molecule has 0 aliphatic rings. The number of nitro benzene ring substituents is 1. The topological polar surface area (TPSA) is 103 Å². The van der Waals surface area contributed by atoms with E-state index in [-0.39, 0.29) is 16.1 Å². The van der Waals surface area contributed by atoms with E-state index in [4.69, 9.17) is 5.73 Å². The quantitative estimate of drug-likeness (QED) is 0.263. The van der Waals surface area contributed by atoms with Gasteiger partial charge in [0.15, 0.2) is 0 Å². The fourth-order valence-corrected chi connectivity index (χ4v) is 1.77. The van der Waals surface area contributed by atoms with Gasteiger partial charge in [-0.05, 0) is 18.2 Å². The Morgan fingerprint density at radius 2 is 1.45 bits per heavy atom. The van der Waals surface area contributed by atoms with Crippen molar-refractivity contribution in [2.75, 3.05) is 5.73 Å². The van der Waals surface area contributed by atoms with Crippen molar-refractivity contribution >= 4 is 49.2 Å². The third-order valence-electron chi connectivity index (χ3n) is 2.52. The molecule has 0 saturated carbocycles. The zero-order valence-corrected chi connectivity index (χ0v) is 13.0. The number of carbonyl (C=O) groups excluding carboxylic acids is 2. The van der Waals surface area contributed by atoms with Gasteiger partial charge in [-0.25, -0.2) is 0 Å². The number of carbonyl (C=O) groups is 2. The van der Waals surface area contributed by atoms with E-state index < -0.39 is 4.92 Å². The van der Waals surface area contributed by atoms with Gasteiger partial charge in [0.1, 0.15) is 12.6 Å². The number of hydrogen-bond acceptors (Lipinski definition) is 7. The molecule has 0 aliphatic heterocycles. The number of benzene rings is 2. The molecule has 6 nitrogen and oxygen atoms in total. The molecular formula is C14H12N2O4S2. The molecule has 0 heterocycles. The highest BCUT2D eigenvalue weighted by Crippen LogP contribution is 2.22. The molecule has 2 aromatic carbocycles. The molecule has 0 fully saturated rings. The van der Waals surface area contributed by atoms with Gasteiger partial charge < -0.3 is 5.73 Å². The smallest absolute Gasteiger partial charge is 0.283 e. The minimum absolute atomic E-state index is 0.150. The Kier molecular flexibility index (Phi) is 6.61. The Morgan fingerprint density at radius 3 is 1.91 bits per heavy atom. The molecule has 0 spiro atoms. The van der Waals surface area contributed by atoms with Crippen LogP contribution in [-0.4, -0.2) is 17.5 Å². The van der Waals surface area contributed by atoms with Crippen LogP contribution in [0, 0.1) is 10.1 Å². The highest BCUT2D eigenvalue weighted by atomic mass is 32.1. The lowest BCUT2D eigenvalue weighted by molar-refractivity contribution is -0.387. The van der Waals surface area contributed by atoms with Gasteiger partial charge in [-0.2, -0.15) is 0 Å². The fraction of sp³-hybridized carbons (Fsp3) is 0. The normalized spacial score (nSPS) is 9.36. The Balaban J connectivity index is 0.000000224. The molecule has 0 aromatic heterocycles. The van der Waals surface area contributed by atoms with Crippen LogP contribution >= 0.6 is 25.3 Å². The Labute approximate surface area is 137 Å². The molecule has 2 aromatic rings. The first-order chi connectivity index (χ1) is 10.4. The maximum Gasteiger partial charge on any atom is 0.283 e. The monoisotopic (exact) mass is 336 g/mol. The van der Waals surface area contributed by atoms with Crippen LogP contribution in [0.2, 0.25) is 0 Å². The van der Waals surface area contributed by atoms with Gasteiger partial charge in [0.25, 0.3) is 5.69 Å². The molecule has 2 rings (SSSR count). The summed E-state index contributed by atoms with van der Waals surface area (Å²) in [6, 6.07) is 9.05. The van der Waals surface area contributed by atoms with Crippen molar-refractivity contribution < 1.29 is 14.5 Å². The fourth-order valence-electron chi connectivity index (χ4n) is 1.41. The molecule has 2 N–H and O–H groups in total. The van der Waals surface area contributed by atoms with Crippen LogP contribution in [0.4, 0.5) is 11.4 Å². The molecule has 0 radical (unpaired) electrons. The first-order valence-electron chi connectivity index (χ1n) is 5.85. The summed E-state index contributed by atoms with van der Waals surface area (Å²) in [5.74, 6) is 0. The van der Waals surface area contributed by atoms with Gasteiger partial charge >= 0.3 is 0 Å². The number of aldehydes is 2. The lowest BCUT2D eigenvalue weighted by Gasteiger charge is -1.97. The number of nitrogen functional groups attached to an aromatic ring is 1. The van der Waals surface area contributed by atoms with Gasteiger partial charge in [-0.1, -0.05) is 12.1 Å². The average Bonchev–Trinajstić information content (AvgIpc) is 2.51. The van der Waals surface area contributed by atoms with Gasteiger partial charge in [-0.15, -0.1) is 25.3 Å². The van der Waals surface area contributed by atoms with Gasteiger partial charge in [0, 0.05) is 27.8 Å². The summed E-state index contributed by atoms with van der Waals surface area (Å²) in [6.45, 7) is 0. The van der Waals surface area contributed by atoms with Gasteiger partial charge in [0.05, 0.1) is 9.82 Å². The molecule has 0 aliphatic carbocycles. The van der Waals surface area contributed by atoms with Crippen molar-refractivity contribution in [3.63, 3.8) is 0 Å². The van der Waals surface area contributed by atoms with Crippen molar-refractivity contribution in [2.24, 2.45) is 0 Å². The van der Waals surface area contributed by atoms with Gasteiger partial charge in [-0.3, -0.25) is 19.7 Å². The van der Waals surface area contributed by atoms with Crippen molar-refractivity contribution in [3.8, 4) is 0 Å². The van der Waals surface area contributed by atoms with Crippen molar-refractivity contribution in [2.45, 2.75) is 9.79 Å². The first-order valence-corrected chi connectivity index (χ1v) is 6.74. The summed E-state index contributed by atoms with van der Waals surface area (Å²) in [5.41, 5.74) is 6.70. The standard InChI is InChI=1S/C7H5NO3S.C7H7NOS/c9-4-5-1-2-7(12)6(3-5)8(10)11;8-6-3-5(4-9)1-2-7(6)10/h1-4,12H;1-4,10H,8H2. The molecule has 8 heteroatoms. The summed E-state index contributed by atoms with van der Waals surface area (Å²) in [6.07, 6.45) is 1.31. The number of nitrogens with two attached hydrogens (primary N) is 1. The first kappa shape index (κ1) is 17.7. The molecule has 0 amide bonds. The summed E-state index contributed by atoms with van der Waals surface area (Å²) in [7, 11) is 0. The summed E-state index contributed by atoms with van der Waals surface area (Å²) in [5, 5.41) is 10.3. The molecule has 22 heavy (non-hydrogen) atoms. The van der Waals surface area contributed by atoms with Crippen molar-refractivity contribution in [1.29, 1.82) is 0 Å². The number of nitrogens with zero attached hydrogens (tertiary/aromatic N) is 1. The molecule has 0 atom stereocenters. The van der Waals surface area contributed by atoms with Gasteiger partial charge in [0.2, 0.25) is 0 Å². The van der Waals surface area contributed by atoms with E-state index in [0.29, 0.717) is 22.4 Å². The third-order valence-corrected chi connectivity index (χ3v) is 3.31. The second kappa shape index (κ2) is 8.20. The number of hydrogen-bond donors (Lipinski definition) is 3. The largest absolute Gasteiger partial charge is 0.398 e.